The Labute approximate surface area is 102 Å². The van der Waals surface area contributed by atoms with E-state index in [-0.39, 0.29) is 11.6 Å². The molecule has 6 heteroatoms. The highest BCUT2D eigenvalue weighted by molar-refractivity contribution is 5.81. The molecule has 0 saturated heterocycles. The minimum atomic E-state index is -0.607. The first-order valence-electron chi connectivity index (χ1n) is 5.11. The zero-order valence-corrected chi connectivity index (χ0v) is 9.26. The van der Waals surface area contributed by atoms with Gasteiger partial charge in [0.2, 0.25) is 0 Å². The maximum Gasteiger partial charge on any atom is 0.433 e. The molecule has 2 aromatic rings. The lowest BCUT2D eigenvalue weighted by atomic mass is 10.2. The lowest BCUT2D eigenvalue weighted by Crippen LogP contribution is -1.83. The zero-order chi connectivity index (χ0) is 12.8. The van der Waals surface area contributed by atoms with Gasteiger partial charge in [0.1, 0.15) is 4.92 Å². The van der Waals surface area contributed by atoms with Crippen LogP contribution in [0.15, 0.2) is 57.1 Å². The van der Waals surface area contributed by atoms with Crippen LogP contribution in [0.4, 0.5) is 5.88 Å². The minimum absolute atomic E-state index is 0.284. The van der Waals surface area contributed by atoms with Gasteiger partial charge < -0.3 is 4.42 Å². The van der Waals surface area contributed by atoms with Gasteiger partial charge in [0.05, 0.1) is 18.5 Å². The van der Waals surface area contributed by atoms with Gasteiger partial charge in [0, 0.05) is 0 Å². The molecule has 0 N–H and O–H groups in total. The summed E-state index contributed by atoms with van der Waals surface area (Å²) < 4.78 is 4.88. The van der Waals surface area contributed by atoms with Gasteiger partial charge >= 0.3 is 5.88 Å². The monoisotopic (exact) mass is 243 g/mol. The summed E-state index contributed by atoms with van der Waals surface area (Å²) in [5.41, 5.74) is 0.917. The maximum absolute atomic E-state index is 10.4. The summed E-state index contributed by atoms with van der Waals surface area (Å²) in [5, 5.41) is 17.9. The van der Waals surface area contributed by atoms with Crippen molar-refractivity contribution >= 4 is 18.3 Å². The second-order valence-electron chi connectivity index (χ2n) is 3.33. The molecular formula is C12H9N3O3. The third kappa shape index (κ3) is 3.11. The summed E-state index contributed by atoms with van der Waals surface area (Å²) in [6, 6.07) is 12.2. The Kier molecular flexibility index (Phi) is 3.60. The first-order valence-corrected chi connectivity index (χ1v) is 5.11. The molecule has 0 aliphatic heterocycles. The maximum atomic E-state index is 10.4. The Morgan fingerprint density at radius 1 is 1.06 bits per heavy atom. The summed E-state index contributed by atoms with van der Waals surface area (Å²) in [4.78, 5) is 9.76. The molecule has 0 fully saturated rings. The van der Waals surface area contributed by atoms with E-state index in [1.807, 2.05) is 30.3 Å². The van der Waals surface area contributed by atoms with Crippen molar-refractivity contribution in [3.8, 4) is 0 Å². The second-order valence-corrected chi connectivity index (χ2v) is 3.33. The van der Waals surface area contributed by atoms with Gasteiger partial charge in [-0.05, 0) is 11.6 Å². The van der Waals surface area contributed by atoms with E-state index in [1.165, 1.54) is 18.3 Å². The molecule has 0 unspecified atom stereocenters. The van der Waals surface area contributed by atoms with E-state index in [0.717, 1.165) is 5.56 Å². The average molecular weight is 243 g/mol. The Morgan fingerprint density at radius 2 is 1.78 bits per heavy atom. The third-order valence-corrected chi connectivity index (χ3v) is 2.05. The molecule has 0 saturated carbocycles. The van der Waals surface area contributed by atoms with Crippen LogP contribution in [0.1, 0.15) is 11.3 Å². The van der Waals surface area contributed by atoms with Gasteiger partial charge in [-0.25, -0.2) is 0 Å². The van der Waals surface area contributed by atoms with E-state index in [1.54, 1.807) is 6.21 Å². The summed E-state index contributed by atoms with van der Waals surface area (Å²) in [7, 11) is 0. The highest BCUT2D eigenvalue weighted by Crippen LogP contribution is 2.13. The van der Waals surface area contributed by atoms with E-state index in [2.05, 4.69) is 10.2 Å². The molecule has 1 aromatic heterocycles. The van der Waals surface area contributed by atoms with Crippen LogP contribution in [0, 0.1) is 10.1 Å². The lowest BCUT2D eigenvalue weighted by molar-refractivity contribution is -0.402. The SMILES string of the molecule is O=[N+]([O-])c1ccc(/C=N/N=C/c2ccccc2)o1. The van der Waals surface area contributed by atoms with Crippen molar-refractivity contribution in [2.45, 2.75) is 0 Å². The number of nitro groups is 1. The van der Waals surface area contributed by atoms with Gasteiger partial charge in [-0.3, -0.25) is 10.1 Å². The van der Waals surface area contributed by atoms with Crippen LogP contribution in [-0.4, -0.2) is 17.4 Å². The van der Waals surface area contributed by atoms with Crippen molar-refractivity contribution in [3.63, 3.8) is 0 Å². The average Bonchev–Trinajstić information content (AvgIpc) is 2.85. The lowest BCUT2D eigenvalue weighted by Gasteiger charge is -1.87. The van der Waals surface area contributed by atoms with Gasteiger partial charge in [0.25, 0.3) is 0 Å². The van der Waals surface area contributed by atoms with E-state index < -0.39 is 4.92 Å². The molecule has 0 aliphatic carbocycles. The molecule has 0 aliphatic rings. The quantitative estimate of drug-likeness (QED) is 0.470. The number of benzene rings is 1. The van der Waals surface area contributed by atoms with Crippen LogP contribution in [0.3, 0.4) is 0 Å². The first-order chi connectivity index (χ1) is 8.75. The van der Waals surface area contributed by atoms with Gasteiger partial charge in [-0.1, -0.05) is 30.3 Å². The third-order valence-electron chi connectivity index (χ3n) is 2.05. The minimum Gasteiger partial charge on any atom is -0.400 e. The number of hydrogen-bond acceptors (Lipinski definition) is 5. The fraction of sp³-hybridized carbons (Fsp3) is 0. The molecule has 0 spiro atoms. The first kappa shape index (κ1) is 11.7. The van der Waals surface area contributed by atoms with Crippen molar-refractivity contribution in [1.82, 2.24) is 0 Å². The fourth-order valence-corrected chi connectivity index (χ4v) is 1.24. The molecule has 1 heterocycles. The smallest absolute Gasteiger partial charge is 0.400 e. The Hall–Kier alpha value is -2.76. The molecule has 0 atom stereocenters. The van der Waals surface area contributed by atoms with Gasteiger partial charge in [-0.15, -0.1) is 0 Å². The van der Waals surface area contributed by atoms with Crippen LogP contribution in [0.25, 0.3) is 0 Å². The van der Waals surface area contributed by atoms with Crippen LogP contribution < -0.4 is 0 Å². The summed E-state index contributed by atoms with van der Waals surface area (Å²) in [5.74, 6) is -0.0320. The molecule has 0 amide bonds. The predicted octanol–water partition coefficient (Wildman–Crippen LogP) is 2.64. The summed E-state index contributed by atoms with van der Waals surface area (Å²) >= 11 is 0. The Morgan fingerprint density at radius 3 is 2.44 bits per heavy atom. The summed E-state index contributed by atoms with van der Waals surface area (Å²) in [6.45, 7) is 0. The summed E-state index contributed by atoms with van der Waals surface area (Å²) in [6.07, 6.45) is 2.89. The molecule has 90 valence electrons. The molecular weight excluding hydrogens is 234 g/mol. The van der Waals surface area contributed by atoms with Crippen molar-refractivity contribution in [1.29, 1.82) is 0 Å². The number of rotatable bonds is 4. The molecule has 0 radical (unpaired) electrons. The number of furan rings is 1. The van der Waals surface area contributed by atoms with Crippen LogP contribution in [-0.2, 0) is 0 Å². The van der Waals surface area contributed by atoms with Crippen LogP contribution >= 0.6 is 0 Å². The number of nitrogens with zero attached hydrogens (tertiary/aromatic N) is 3. The topological polar surface area (TPSA) is 81.0 Å². The molecule has 18 heavy (non-hydrogen) atoms. The van der Waals surface area contributed by atoms with E-state index in [0.29, 0.717) is 0 Å². The van der Waals surface area contributed by atoms with Crippen molar-refractivity contribution < 1.29 is 9.34 Å². The fourth-order valence-electron chi connectivity index (χ4n) is 1.24. The predicted molar refractivity (Wildman–Crippen MR) is 67.0 cm³/mol. The van der Waals surface area contributed by atoms with E-state index in [4.69, 9.17) is 4.42 Å². The van der Waals surface area contributed by atoms with E-state index >= 15 is 0 Å². The second kappa shape index (κ2) is 5.53. The van der Waals surface area contributed by atoms with Gasteiger partial charge in [-0.2, -0.15) is 10.2 Å². The highest BCUT2D eigenvalue weighted by atomic mass is 16.6. The largest absolute Gasteiger partial charge is 0.433 e. The number of hydrogen-bond donors (Lipinski definition) is 0. The molecule has 1 aromatic carbocycles. The van der Waals surface area contributed by atoms with Crippen molar-refractivity contribution in [2.75, 3.05) is 0 Å². The van der Waals surface area contributed by atoms with Crippen molar-refractivity contribution in [2.24, 2.45) is 10.2 Å². The van der Waals surface area contributed by atoms with E-state index in [9.17, 15) is 10.1 Å². The normalized spacial score (nSPS) is 11.3. The Balaban J connectivity index is 1.99. The molecule has 2 rings (SSSR count). The Bertz CT molecular complexity index is 588. The van der Waals surface area contributed by atoms with Crippen LogP contribution in [0.5, 0.6) is 0 Å². The van der Waals surface area contributed by atoms with Gasteiger partial charge in [0.15, 0.2) is 5.76 Å². The molecule has 0 bridgehead atoms. The van der Waals surface area contributed by atoms with Crippen LogP contribution in [0.2, 0.25) is 0 Å². The highest BCUT2D eigenvalue weighted by Gasteiger charge is 2.09. The zero-order valence-electron chi connectivity index (χ0n) is 9.26. The standard InChI is InChI=1S/C12H9N3O3/c16-15(17)12-7-6-11(18-12)9-14-13-8-10-4-2-1-3-5-10/h1-9H/b13-8+,14-9+. The van der Waals surface area contributed by atoms with Crippen molar-refractivity contribution in [3.05, 3.63) is 63.9 Å². The molecule has 6 nitrogen and oxygen atoms in total.